The van der Waals surface area contributed by atoms with Crippen LogP contribution in [0.15, 0.2) is 0 Å². The SMILES string of the molecule is CCC(O)N1CCC[C@@H]1C(C)=O. The lowest BCUT2D eigenvalue weighted by Crippen LogP contribution is -2.42. The van der Waals surface area contributed by atoms with Crippen LogP contribution in [0.1, 0.15) is 33.1 Å². The Morgan fingerprint density at radius 3 is 2.92 bits per heavy atom. The summed E-state index contributed by atoms with van der Waals surface area (Å²) in [6.07, 6.45) is 2.21. The van der Waals surface area contributed by atoms with Crippen LogP contribution in [0.5, 0.6) is 0 Å². The second-order valence-electron chi connectivity index (χ2n) is 3.40. The summed E-state index contributed by atoms with van der Waals surface area (Å²) in [6.45, 7) is 4.39. The predicted molar refractivity (Wildman–Crippen MR) is 46.7 cm³/mol. The van der Waals surface area contributed by atoms with Gasteiger partial charge in [0.25, 0.3) is 0 Å². The molecule has 1 aliphatic rings. The van der Waals surface area contributed by atoms with Crippen LogP contribution in [0, 0.1) is 0 Å². The normalized spacial score (nSPS) is 27.4. The Bertz CT molecular complexity index is 170. The molecule has 0 aliphatic carbocycles. The fourth-order valence-corrected chi connectivity index (χ4v) is 1.82. The van der Waals surface area contributed by atoms with Gasteiger partial charge in [0, 0.05) is 6.54 Å². The van der Waals surface area contributed by atoms with Gasteiger partial charge in [0.2, 0.25) is 0 Å². The van der Waals surface area contributed by atoms with Crippen molar-refractivity contribution in [2.75, 3.05) is 6.54 Å². The Balaban J connectivity index is 2.57. The summed E-state index contributed by atoms with van der Waals surface area (Å²) in [6, 6.07) is -0.0278. The van der Waals surface area contributed by atoms with Crippen molar-refractivity contribution < 1.29 is 9.90 Å². The highest BCUT2D eigenvalue weighted by Crippen LogP contribution is 2.20. The average molecular weight is 171 g/mol. The summed E-state index contributed by atoms with van der Waals surface area (Å²) in [4.78, 5) is 13.0. The highest BCUT2D eigenvalue weighted by atomic mass is 16.3. The van der Waals surface area contributed by atoms with E-state index >= 15 is 0 Å². The van der Waals surface area contributed by atoms with E-state index in [0.29, 0.717) is 6.42 Å². The highest BCUT2D eigenvalue weighted by molar-refractivity contribution is 5.81. The van der Waals surface area contributed by atoms with Crippen LogP contribution in [0.3, 0.4) is 0 Å². The lowest BCUT2D eigenvalue weighted by atomic mass is 10.1. The van der Waals surface area contributed by atoms with Gasteiger partial charge in [-0.05, 0) is 26.2 Å². The highest BCUT2D eigenvalue weighted by Gasteiger charge is 2.31. The van der Waals surface area contributed by atoms with Crippen molar-refractivity contribution in [2.24, 2.45) is 0 Å². The second-order valence-corrected chi connectivity index (χ2v) is 3.40. The van der Waals surface area contributed by atoms with Gasteiger partial charge in [0.15, 0.2) is 0 Å². The molecule has 0 spiro atoms. The molecule has 0 amide bonds. The first kappa shape index (κ1) is 9.68. The molecule has 0 saturated carbocycles. The molecule has 1 aliphatic heterocycles. The Hall–Kier alpha value is -0.410. The van der Waals surface area contributed by atoms with E-state index in [1.54, 1.807) is 6.92 Å². The van der Waals surface area contributed by atoms with Gasteiger partial charge < -0.3 is 5.11 Å². The van der Waals surface area contributed by atoms with Gasteiger partial charge in [-0.2, -0.15) is 0 Å². The number of aliphatic hydroxyl groups is 1. The van der Waals surface area contributed by atoms with Gasteiger partial charge in [-0.15, -0.1) is 0 Å². The van der Waals surface area contributed by atoms with E-state index in [9.17, 15) is 9.90 Å². The van der Waals surface area contributed by atoms with Crippen LogP contribution < -0.4 is 0 Å². The van der Waals surface area contributed by atoms with Gasteiger partial charge in [0.05, 0.1) is 6.04 Å². The molecule has 0 radical (unpaired) electrons. The lowest BCUT2D eigenvalue weighted by molar-refractivity contribution is -0.125. The quantitative estimate of drug-likeness (QED) is 0.681. The smallest absolute Gasteiger partial charge is 0.146 e. The van der Waals surface area contributed by atoms with Crippen molar-refractivity contribution in [3.8, 4) is 0 Å². The molecule has 0 aromatic heterocycles. The summed E-state index contributed by atoms with van der Waals surface area (Å²) in [5.41, 5.74) is 0. The third-order valence-electron chi connectivity index (χ3n) is 2.51. The van der Waals surface area contributed by atoms with Gasteiger partial charge >= 0.3 is 0 Å². The third kappa shape index (κ3) is 1.84. The standard InChI is InChI=1S/C9H17NO2/c1-3-9(12)10-6-4-5-8(10)7(2)11/h8-9,12H,3-6H2,1-2H3/t8-,9?/m1/s1. The number of likely N-dealkylation sites (tertiary alicyclic amines) is 1. The second kappa shape index (κ2) is 4.01. The molecule has 12 heavy (non-hydrogen) atoms. The number of hydrogen-bond acceptors (Lipinski definition) is 3. The fraction of sp³-hybridized carbons (Fsp3) is 0.889. The number of carbonyl (C=O) groups is 1. The minimum absolute atomic E-state index is 0.0278. The Morgan fingerprint density at radius 1 is 1.75 bits per heavy atom. The zero-order chi connectivity index (χ0) is 9.14. The Kier molecular flexibility index (Phi) is 3.23. The Morgan fingerprint density at radius 2 is 2.42 bits per heavy atom. The number of rotatable bonds is 3. The van der Waals surface area contributed by atoms with E-state index in [2.05, 4.69) is 0 Å². The van der Waals surface area contributed by atoms with Crippen LogP contribution in [0.25, 0.3) is 0 Å². The van der Waals surface area contributed by atoms with Crippen LogP contribution in [-0.4, -0.2) is 34.6 Å². The van der Waals surface area contributed by atoms with Crippen molar-refractivity contribution in [3.05, 3.63) is 0 Å². The molecule has 0 aromatic carbocycles. The molecule has 0 aromatic rings. The minimum atomic E-state index is -0.429. The van der Waals surface area contributed by atoms with Gasteiger partial charge in [0.1, 0.15) is 12.0 Å². The van der Waals surface area contributed by atoms with Gasteiger partial charge in [-0.25, -0.2) is 0 Å². The molecule has 3 heteroatoms. The van der Waals surface area contributed by atoms with Crippen molar-refractivity contribution in [3.63, 3.8) is 0 Å². The zero-order valence-electron chi connectivity index (χ0n) is 7.79. The molecular formula is C9H17NO2. The minimum Gasteiger partial charge on any atom is -0.378 e. The molecule has 3 nitrogen and oxygen atoms in total. The van der Waals surface area contributed by atoms with E-state index in [4.69, 9.17) is 0 Å². The maximum absolute atomic E-state index is 11.1. The zero-order valence-corrected chi connectivity index (χ0v) is 7.79. The maximum atomic E-state index is 11.1. The first-order chi connectivity index (χ1) is 5.66. The third-order valence-corrected chi connectivity index (χ3v) is 2.51. The molecule has 2 atom stereocenters. The number of hydrogen-bond donors (Lipinski definition) is 1. The first-order valence-corrected chi connectivity index (χ1v) is 4.61. The fourth-order valence-electron chi connectivity index (χ4n) is 1.82. The maximum Gasteiger partial charge on any atom is 0.146 e. The van der Waals surface area contributed by atoms with E-state index in [1.807, 2.05) is 11.8 Å². The van der Waals surface area contributed by atoms with E-state index in [-0.39, 0.29) is 11.8 Å². The summed E-state index contributed by atoms with van der Waals surface area (Å²) in [7, 11) is 0. The largest absolute Gasteiger partial charge is 0.378 e. The van der Waals surface area contributed by atoms with Gasteiger partial charge in [-0.3, -0.25) is 9.69 Å². The molecule has 70 valence electrons. The van der Waals surface area contributed by atoms with Crippen LogP contribution in [-0.2, 0) is 4.79 Å². The van der Waals surface area contributed by atoms with E-state index < -0.39 is 6.23 Å². The van der Waals surface area contributed by atoms with E-state index in [0.717, 1.165) is 19.4 Å². The molecule has 1 rings (SSSR count). The molecule has 1 saturated heterocycles. The number of ketones is 1. The van der Waals surface area contributed by atoms with Crippen LogP contribution >= 0.6 is 0 Å². The molecule has 1 heterocycles. The number of carbonyl (C=O) groups excluding carboxylic acids is 1. The molecule has 1 fully saturated rings. The molecule has 0 bridgehead atoms. The van der Waals surface area contributed by atoms with E-state index in [1.165, 1.54) is 0 Å². The average Bonchev–Trinajstić information content (AvgIpc) is 2.50. The molecular weight excluding hydrogens is 154 g/mol. The number of nitrogens with zero attached hydrogens (tertiary/aromatic N) is 1. The first-order valence-electron chi connectivity index (χ1n) is 4.61. The van der Waals surface area contributed by atoms with Crippen molar-refractivity contribution in [2.45, 2.75) is 45.4 Å². The number of Topliss-reactive ketones (excluding diaryl/α,β-unsaturated/α-hetero) is 1. The topological polar surface area (TPSA) is 40.5 Å². The van der Waals surface area contributed by atoms with Crippen LogP contribution in [0.4, 0.5) is 0 Å². The summed E-state index contributed by atoms with van der Waals surface area (Å²) in [5, 5.41) is 9.55. The summed E-state index contributed by atoms with van der Waals surface area (Å²) in [5.74, 6) is 0.181. The van der Waals surface area contributed by atoms with Crippen molar-refractivity contribution in [1.29, 1.82) is 0 Å². The van der Waals surface area contributed by atoms with Crippen LogP contribution in [0.2, 0.25) is 0 Å². The molecule has 1 unspecified atom stereocenters. The number of aliphatic hydroxyl groups excluding tert-OH is 1. The summed E-state index contributed by atoms with van der Waals surface area (Å²) >= 11 is 0. The predicted octanol–water partition coefficient (Wildman–Crippen LogP) is 0.768. The summed E-state index contributed by atoms with van der Waals surface area (Å²) < 4.78 is 0. The van der Waals surface area contributed by atoms with Crippen molar-refractivity contribution in [1.82, 2.24) is 4.90 Å². The monoisotopic (exact) mass is 171 g/mol. The lowest BCUT2D eigenvalue weighted by Gasteiger charge is -2.26. The van der Waals surface area contributed by atoms with Gasteiger partial charge in [-0.1, -0.05) is 6.92 Å². The molecule has 1 N–H and O–H groups in total. The Labute approximate surface area is 73.4 Å². The van der Waals surface area contributed by atoms with Crippen molar-refractivity contribution >= 4 is 5.78 Å².